The standard InChI is InChI=1S/C28H22N6O4S/c1-18-12-14-20(15-13-18)33-26(27(35)38-32-33)21-16-24(19-8-4-3-5-9-19)39-28-30-29-25(34(28)31-21)17-37-23-11-7-6-10-22(23)36-2/h3-16H,17H2,1-2H3/p+1. The van der Waals surface area contributed by atoms with Crippen LogP contribution in [0.3, 0.4) is 0 Å². The SMILES string of the molecule is COc1ccccc1OCc1nnc2sc(-c3ccccc3)cc(=C3C(=O)ON=[N+]3c3ccc(C)cc3)[nH]n12. The van der Waals surface area contributed by atoms with Crippen LogP contribution in [-0.2, 0) is 16.2 Å². The summed E-state index contributed by atoms with van der Waals surface area (Å²) in [7, 11) is 1.59. The first-order chi connectivity index (χ1) is 19.1. The van der Waals surface area contributed by atoms with Gasteiger partial charge in [0.1, 0.15) is 12.0 Å². The molecule has 3 aromatic carbocycles. The highest BCUT2D eigenvalue weighted by atomic mass is 32.1. The zero-order chi connectivity index (χ0) is 26.8. The van der Waals surface area contributed by atoms with E-state index in [2.05, 4.69) is 20.6 Å². The zero-order valence-electron chi connectivity index (χ0n) is 21.1. The predicted octanol–water partition coefficient (Wildman–Crippen LogP) is 4.90. The van der Waals surface area contributed by atoms with E-state index < -0.39 is 5.97 Å². The molecule has 0 saturated carbocycles. The molecule has 0 saturated heterocycles. The second-order valence-corrected chi connectivity index (χ2v) is 9.64. The number of aryl methyl sites for hydroxylation is 1. The van der Waals surface area contributed by atoms with Gasteiger partial charge in [0.25, 0.3) is 0 Å². The number of aromatic nitrogens is 4. The van der Waals surface area contributed by atoms with Gasteiger partial charge in [0.15, 0.2) is 17.3 Å². The number of nitrogens with zero attached hydrogens (tertiary/aromatic N) is 5. The fourth-order valence-electron chi connectivity index (χ4n) is 4.06. The second-order valence-electron chi connectivity index (χ2n) is 8.63. The smallest absolute Gasteiger partial charge is 0.440 e. The molecule has 194 valence electrons. The van der Waals surface area contributed by atoms with Crippen molar-refractivity contribution >= 4 is 33.7 Å². The molecule has 1 aliphatic heterocycles. The average Bonchev–Trinajstić information content (AvgIpc) is 3.48. The van der Waals surface area contributed by atoms with Gasteiger partial charge >= 0.3 is 11.7 Å². The Bertz CT molecular complexity index is 1800. The van der Waals surface area contributed by atoms with Crippen molar-refractivity contribution in [1.29, 1.82) is 0 Å². The van der Waals surface area contributed by atoms with Crippen LogP contribution in [-0.4, -0.2) is 37.6 Å². The van der Waals surface area contributed by atoms with E-state index in [1.165, 1.54) is 16.0 Å². The third-order valence-corrected chi connectivity index (χ3v) is 7.06. The van der Waals surface area contributed by atoms with E-state index in [1.807, 2.05) is 91.9 Å². The number of methoxy groups -OCH3 is 1. The van der Waals surface area contributed by atoms with Crippen LogP contribution in [0.1, 0.15) is 11.4 Å². The summed E-state index contributed by atoms with van der Waals surface area (Å²) in [5.41, 5.74) is 2.95. The second kappa shape index (κ2) is 10.4. The number of hydrogen-bond donors (Lipinski definition) is 1. The highest BCUT2D eigenvalue weighted by Crippen LogP contribution is 2.28. The molecule has 0 radical (unpaired) electrons. The first kappa shape index (κ1) is 24.3. The van der Waals surface area contributed by atoms with Crippen molar-refractivity contribution in [3.05, 3.63) is 102 Å². The molecule has 0 unspecified atom stereocenters. The summed E-state index contributed by atoms with van der Waals surface area (Å²) in [5, 5.41) is 16.6. The minimum atomic E-state index is -0.588. The number of benzene rings is 3. The van der Waals surface area contributed by atoms with E-state index in [9.17, 15) is 4.79 Å². The molecule has 0 bridgehead atoms. The van der Waals surface area contributed by atoms with E-state index >= 15 is 0 Å². The molecule has 0 fully saturated rings. The topological polar surface area (TPSA) is 106 Å². The number of nitrogens with one attached hydrogen (secondary N) is 1. The van der Waals surface area contributed by atoms with E-state index in [0.29, 0.717) is 33.3 Å². The number of ether oxygens (including phenoxy) is 2. The van der Waals surface area contributed by atoms with Gasteiger partial charge in [-0.05, 0) is 35.4 Å². The highest BCUT2D eigenvalue weighted by Gasteiger charge is 2.38. The average molecular weight is 540 g/mol. The molecular weight excluding hydrogens is 516 g/mol. The molecule has 0 amide bonds. The van der Waals surface area contributed by atoms with Gasteiger partial charge in [-0.15, -0.1) is 10.2 Å². The molecule has 39 heavy (non-hydrogen) atoms. The van der Waals surface area contributed by atoms with Crippen molar-refractivity contribution in [3.8, 4) is 21.9 Å². The molecule has 2 aromatic heterocycles. The Hall–Kier alpha value is -5.03. The predicted molar refractivity (Wildman–Crippen MR) is 144 cm³/mol. The first-order valence-electron chi connectivity index (χ1n) is 12.1. The maximum Gasteiger partial charge on any atom is 0.440 e. The number of para-hydroxylation sites is 2. The minimum absolute atomic E-state index is 0.0979. The number of rotatable bonds is 6. The molecular formula is C28H23N6O4S+. The molecule has 3 heterocycles. The van der Waals surface area contributed by atoms with Gasteiger partial charge < -0.3 is 9.47 Å². The Morgan fingerprint density at radius 3 is 2.49 bits per heavy atom. The van der Waals surface area contributed by atoms with E-state index in [0.717, 1.165) is 16.0 Å². The van der Waals surface area contributed by atoms with Crippen molar-refractivity contribution in [2.45, 2.75) is 13.5 Å². The number of carbonyl (C=O) groups excluding carboxylic acids is 1. The van der Waals surface area contributed by atoms with Crippen LogP contribution < -0.4 is 14.8 Å². The summed E-state index contributed by atoms with van der Waals surface area (Å²) < 4.78 is 14.6. The minimum Gasteiger partial charge on any atom is -0.493 e. The third-order valence-electron chi connectivity index (χ3n) is 6.04. The first-order valence-corrected chi connectivity index (χ1v) is 12.9. The Balaban J connectivity index is 1.55. The van der Waals surface area contributed by atoms with Gasteiger partial charge in [-0.1, -0.05) is 71.5 Å². The van der Waals surface area contributed by atoms with Crippen LogP contribution in [0.15, 0.2) is 90.2 Å². The van der Waals surface area contributed by atoms with E-state index in [-0.39, 0.29) is 12.3 Å². The summed E-state index contributed by atoms with van der Waals surface area (Å²) in [5.74, 6) is 1.09. The molecule has 10 nitrogen and oxygen atoms in total. The molecule has 1 aliphatic rings. The van der Waals surface area contributed by atoms with Crippen molar-refractivity contribution in [1.82, 2.24) is 19.8 Å². The van der Waals surface area contributed by atoms with Crippen LogP contribution in [0, 0.1) is 6.92 Å². The van der Waals surface area contributed by atoms with Crippen LogP contribution in [0.4, 0.5) is 5.69 Å². The van der Waals surface area contributed by atoms with Crippen LogP contribution in [0.2, 0.25) is 0 Å². The number of carbonyl (C=O) groups is 1. The number of hydrogen-bond acceptors (Lipinski definition) is 8. The van der Waals surface area contributed by atoms with Gasteiger partial charge in [-0.25, -0.2) is 9.31 Å². The highest BCUT2D eigenvalue weighted by molar-refractivity contribution is 7.19. The van der Waals surface area contributed by atoms with Gasteiger partial charge in [-0.3, -0.25) is 9.94 Å². The molecule has 0 atom stereocenters. The van der Waals surface area contributed by atoms with E-state index in [1.54, 1.807) is 11.6 Å². The third kappa shape index (κ3) is 4.82. The quantitative estimate of drug-likeness (QED) is 0.308. The van der Waals surface area contributed by atoms with Crippen LogP contribution in [0.5, 0.6) is 11.5 Å². The summed E-state index contributed by atoms with van der Waals surface area (Å²) in [6.45, 7) is 2.09. The lowest BCUT2D eigenvalue weighted by atomic mass is 10.2. The maximum atomic E-state index is 13.0. The number of aromatic amines is 1. The lowest BCUT2D eigenvalue weighted by Gasteiger charge is -2.08. The number of H-pyrrole nitrogens is 1. The molecule has 5 aromatic rings. The van der Waals surface area contributed by atoms with Gasteiger partial charge in [0.05, 0.1) is 7.11 Å². The molecule has 0 spiro atoms. The summed E-state index contributed by atoms with van der Waals surface area (Å²) in [6, 6.07) is 26.8. The Kier molecular flexibility index (Phi) is 6.47. The van der Waals surface area contributed by atoms with Crippen molar-refractivity contribution in [3.63, 3.8) is 0 Å². The largest absolute Gasteiger partial charge is 0.493 e. The molecule has 6 rings (SSSR count). The Morgan fingerprint density at radius 1 is 0.974 bits per heavy atom. The summed E-state index contributed by atoms with van der Waals surface area (Å²) in [4.78, 5) is 19.6. The van der Waals surface area contributed by atoms with Gasteiger partial charge in [0.2, 0.25) is 15.9 Å². The van der Waals surface area contributed by atoms with Crippen LogP contribution >= 0.6 is 11.3 Å². The van der Waals surface area contributed by atoms with Crippen molar-refractivity contribution in [2.75, 3.05) is 7.11 Å². The fraction of sp³-hybridized carbons (Fsp3) is 0.107. The lowest BCUT2D eigenvalue weighted by Crippen LogP contribution is -2.21. The van der Waals surface area contributed by atoms with Gasteiger partial charge in [0, 0.05) is 17.0 Å². The Morgan fingerprint density at radius 2 is 1.72 bits per heavy atom. The summed E-state index contributed by atoms with van der Waals surface area (Å²) >= 11 is 1.42. The van der Waals surface area contributed by atoms with E-state index in [4.69, 9.17) is 14.3 Å². The lowest BCUT2D eigenvalue weighted by molar-refractivity contribution is -0.428. The van der Waals surface area contributed by atoms with Crippen molar-refractivity contribution in [2.24, 2.45) is 5.28 Å². The van der Waals surface area contributed by atoms with Crippen molar-refractivity contribution < 1.29 is 23.8 Å². The maximum absolute atomic E-state index is 13.0. The number of fused-ring (bicyclic) bond motifs is 1. The summed E-state index contributed by atoms with van der Waals surface area (Å²) in [6.07, 6.45) is 0. The molecule has 1 N–H and O–H groups in total. The zero-order valence-corrected chi connectivity index (χ0v) is 21.9. The molecule has 11 heteroatoms. The van der Waals surface area contributed by atoms with Gasteiger partial charge in [-0.2, -0.15) is 0 Å². The van der Waals surface area contributed by atoms with Crippen LogP contribution in [0.25, 0.3) is 21.1 Å². The normalized spacial score (nSPS) is 14.2. The molecule has 0 aliphatic carbocycles. The fourth-order valence-corrected chi connectivity index (χ4v) is 5.02. The monoisotopic (exact) mass is 539 g/mol. The Labute approximate surface area is 226 Å².